The summed E-state index contributed by atoms with van der Waals surface area (Å²) in [6, 6.07) is 6.39. The molecule has 1 aromatic carbocycles. The Morgan fingerprint density at radius 2 is 1.60 bits per heavy atom. The molecule has 1 aromatic rings. The summed E-state index contributed by atoms with van der Waals surface area (Å²) in [5.41, 5.74) is 0.955. The maximum Gasteiger partial charge on any atom is 0.501 e. The summed E-state index contributed by atoms with van der Waals surface area (Å²) < 4.78 is 18.2. The molecule has 0 saturated carbocycles. The first kappa shape index (κ1) is 24.1. The zero-order valence-corrected chi connectivity index (χ0v) is 19.9. The van der Waals surface area contributed by atoms with Gasteiger partial charge in [0, 0.05) is 51.5 Å². The molecule has 0 amide bonds. The van der Waals surface area contributed by atoms with Gasteiger partial charge in [-0.3, -0.25) is 9.89 Å². The quantitative estimate of drug-likeness (QED) is 0.291. The molecule has 3 aliphatic rings. The van der Waals surface area contributed by atoms with Crippen LogP contribution in [-0.4, -0.2) is 92.1 Å². The molecule has 0 atom stereocenters. The van der Waals surface area contributed by atoms with Crippen molar-refractivity contribution in [1.82, 2.24) is 15.5 Å². The summed E-state index contributed by atoms with van der Waals surface area (Å²) in [6.07, 6.45) is 2.82. The maximum atomic E-state index is 6.05. The molecule has 3 fully saturated rings. The molecular formula is C20H32Cl2N4O3Si. The van der Waals surface area contributed by atoms with Gasteiger partial charge in [-0.15, -0.1) is 0 Å². The predicted octanol–water partition coefficient (Wildman–Crippen LogP) is 2.30. The van der Waals surface area contributed by atoms with E-state index < -0.39 is 8.80 Å². The van der Waals surface area contributed by atoms with E-state index in [0.717, 1.165) is 90.2 Å². The van der Waals surface area contributed by atoms with Crippen LogP contribution in [0.5, 0.6) is 0 Å². The molecular weight excluding hydrogens is 443 g/mol. The SMILES string of the molecule is Clc1ccc(C=NCCNCCNCCC[Si]23OCCN(CCO2)CCO3)cc1Cl. The van der Waals surface area contributed by atoms with Gasteiger partial charge in [-0.1, -0.05) is 29.3 Å². The first-order valence-electron chi connectivity index (χ1n) is 10.7. The van der Waals surface area contributed by atoms with Crippen molar-refractivity contribution in [2.75, 3.05) is 72.2 Å². The molecule has 0 aromatic heterocycles. The van der Waals surface area contributed by atoms with Crippen molar-refractivity contribution >= 4 is 38.2 Å². The number of benzene rings is 1. The Morgan fingerprint density at radius 3 is 2.27 bits per heavy atom. The Morgan fingerprint density at radius 1 is 0.933 bits per heavy atom. The van der Waals surface area contributed by atoms with Gasteiger partial charge in [-0.2, -0.15) is 0 Å². The Hall–Kier alpha value is -0.553. The fourth-order valence-corrected chi connectivity index (χ4v) is 6.24. The average Bonchev–Trinajstić information content (AvgIpc) is 2.69. The van der Waals surface area contributed by atoms with Crippen LogP contribution in [0.3, 0.4) is 0 Å². The van der Waals surface area contributed by atoms with Gasteiger partial charge in [0.25, 0.3) is 0 Å². The predicted molar refractivity (Wildman–Crippen MR) is 124 cm³/mol. The molecule has 0 unspecified atom stereocenters. The lowest BCUT2D eigenvalue weighted by molar-refractivity contribution is -0.00849. The van der Waals surface area contributed by atoms with E-state index in [4.69, 9.17) is 36.5 Å². The largest absolute Gasteiger partial charge is 0.501 e. The number of rotatable bonds is 11. The van der Waals surface area contributed by atoms with Gasteiger partial charge in [0.15, 0.2) is 0 Å². The lowest BCUT2D eigenvalue weighted by atomic mass is 10.2. The van der Waals surface area contributed by atoms with E-state index in [2.05, 4.69) is 20.5 Å². The van der Waals surface area contributed by atoms with Crippen molar-refractivity contribution in [2.45, 2.75) is 12.5 Å². The van der Waals surface area contributed by atoms with Crippen molar-refractivity contribution in [1.29, 1.82) is 0 Å². The van der Waals surface area contributed by atoms with Gasteiger partial charge >= 0.3 is 8.80 Å². The molecule has 3 heterocycles. The van der Waals surface area contributed by atoms with Crippen molar-refractivity contribution in [3.8, 4) is 0 Å². The third-order valence-electron chi connectivity index (χ3n) is 5.11. The summed E-state index contributed by atoms with van der Waals surface area (Å²) in [6.45, 7) is 9.45. The first-order chi connectivity index (χ1) is 14.7. The number of aliphatic imine (C=N–C) groups is 1. The van der Waals surface area contributed by atoms with Gasteiger partial charge in [0.05, 0.1) is 36.4 Å². The summed E-state index contributed by atoms with van der Waals surface area (Å²) >= 11 is 11.9. The molecule has 7 nitrogen and oxygen atoms in total. The molecule has 10 heteroatoms. The summed E-state index contributed by atoms with van der Waals surface area (Å²) in [5, 5.41) is 7.96. The second-order valence-electron chi connectivity index (χ2n) is 7.38. The third-order valence-corrected chi connectivity index (χ3v) is 8.74. The molecule has 0 spiro atoms. The van der Waals surface area contributed by atoms with Crippen molar-refractivity contribution in [3.63, 3.8) is 0 Å². The third kappa shape index (κ3) is 8.18. The summed E-state index contributed by atoms with van der Waals surface area (Å²) in [5.74, 6) is 0. The van der Waals surface area contributed by atoms with Crippen LogP contribution in [0.1, 0.15) is 12.0 Å². The number of halogens is 2. The van der Waals surface area contributed by atoms with Gasteiger partial charge < -0.3 is 23.9 Å². The van der Waals surface area contributed by atoms with Crippen LogP contribution >= 0.6 is 23.2 Å². The highest BCUT2D eigenvalue weighted by molar-refractivity contribution is 6.60. The van der Waals surface area contributed by atoms with Crippen LogP contribution in [0.4, 0.5) is 0 Å². The molecule has 0 aliphatic carbocycles. The minimum absolute atomic E-state index is 0.549. The zero-order valence-electron chi connectivity index (χ0n) is 17.4. The van der Waals surface area contributed by atoms with Gasteiger partial charge in [0.2, 0.25) is 0 Å². The minimum atomic E-state index is -2.47. The lowest BCUT2D eigenvalue weighted by Gasteiger charge is -2.38. The first-order valence-corrected chi connectivity index (χ1v) is 13.4. The Labute approximate surface area is 190 Å². The van der Waals surface area contributed by atoms with Crippen LogP contribution in [-0.2, 0) is 13.3 Å². The minimum Gasteiger partial charge on any atom is -0.372 e. The molecule has 2 N–H and O–H groups in total. The summed E-state index contributed by atoms with van der Waals surface area (Å²) in [7, 11) is -2.47. The number of nitrogens with one attached hydrogen (secondary N) is 2. The van der Waals surface area contributed by atoms with Crippen LogP contribution < -0.4 is 10.6 Å². The van der Waals surface area contributed by atoms with Crippen molar-refractivity contribution in [3.05, 3.63) is 33.8 Å². The molecule has 4 rings (SSSR count). The number of hydrogen-bond acceptors (Lipinski definition) is 7. The molecule has 3 aliphatic heterocycles. The standard InChI is InChI=1S/C20H32Cl2N4O3Si/c21-19-3-2-18(16-20(19)22)17-25-8-7-24-6-5-23-4-1-15-30-27-12-9-26(10-13-28-30)11-14-29-30/h2-3,16-17,23-24H,1,4-15H2. The highest BCUT2D eigenvalue weighted by Gasteiger charge is 2.43. The molecule has 2 bridgehead atoms. The smallest absolute Gasteiger partial charge is 0.372 e. The molecule has 30 heavy (non-hydrogen) atoms. The topological polar surface area (TPSA) is 67.4 Å². The van der Waals surface area contributed by atoms with E-state index in [1.165, 1.54) is 0 Å². The molecule has 3 saturated heterocycles. The number of hydrogen-bond donors (Lipinski definition) is 2. The van der Waals surface area contributed by atoms with Crippen LogP contribution in [0.15, 0.2) is 23.2 Å². The Kier molecular flexibility index (Phi) is 10.5. The van der Waals surface area contributed by atoms with Crippen LogP contribution in [0.2, 0.25) is 16.1 Å². The molecule has 0 radical (unpaired) electrons. The highest BCUT2D eigenvalue weighted by Crippen LogP contribution is 2.22. The van der Waals surface area contributed by atoms with E-state index in [-0.39, 0.29) is 0 Å². The van der Waals surface area contributed by atoms with Gasteiger partial charge in [0.1, 0.15) is 0 Å². The van der Waals surface area contributed by atoms with E-state index in [9.17, 15) is 0 Å². The highest BCUT2D eigenvalue weighted by atomic mass is 35.5. The average molecular weight is 475 g/mol. The van der Waals surface area contributed by atoms with E-state index in [1.54, 1.807) is 6.07 Å². The number of fused-ring (bicyclic) bond motifs is 6. The Bertz CT molecular complexity index is 657. The Balaban J connectivity index is 1.20. The summed E-state index contributed by atoms with van der Waals surface area (Å²) in [4.78, 5) is 6.74. The van der Waals surface area contributed by atoms with Crippen LogP contribution in [0.25, 0.3) is 0 Å². The monoisotopic (exact) mass is 474 g/mol. The lowest BCUT2D eigenvalue weighted by Crippen LogP contribution is -2.55. The normalized spacial score (nSPS) is 24.7. The van der Waals surface area contributed by atoms with E-state index >= 15 is 0 Å². The van der Waals surface area contributed by atoms with Crippen molar-refractivity contribution in [2.24, 2.45) is 4.99 Å². The molecule has 168 valence electrons. The maximum absolute atomic E-state index is 6.05. The van der Waals surface area contributed by atoms with Gasteiger partial charge in [-0.25, -0.2) is 0 Å². The fourth-order valence-electron chi connectivity index (χ4n) is 3.43. The number of nitrogens with zero attached hydrogens (tertiary/aromatic N) is 2. The van der Waals surface area contributed by atoms with Gasteiger partial charge in [-0.05, 0) is 30.7 Å². The van der Waals surface area contributed by atoms with E-state index in [0.29, 0.717) is 10.0 Å². The van der Waals surface area contributed by atoms with Crippen molar-refractivity contribution < 1.29 is 13.3 Å². The second kappa shape index (κ2) is 13.1. The zero-order chi connectivity index (χ0) is 21.1. The van der Waals surface area contributed by atoms with Crippen LogP contribution in [0, 0.1) is 0 Å². The fraction of sp³-hybridized carbons (Fsp3) is 0.650. The second-order valence-corrected chi connectivity index (χ2v) is 10.9. The van der Waals surface area contributed by atoms with E-state index in [1.807, 2.05) is 18.3 Å².